The first-order chi connectivity index (χ1) is 13.7. The highest BCUT2D eigenvalue weighted by Gasteiger charge is 2.15. The Kier molecular flexibility index (Phi) is 10.2. The molecule has 1 fully saturated rings. The van der Waals surface area contributed by atoms with Gasteiger partial charge >= 0.3 is 0 Å². The number of rotatable bonds is 8. The Balaban J connectivity index is 0.00000300. The quantitative estimate of drug-likeness (QED) is 0.243. The largest absolute Gasteiger partial charge is 0.357 e. The highest BCUT2D eigenvalue weighted by molar-refractivity contribution is 14.0. The van der Waals surface area contributed by atoms with E-state index in [0.717, 1.165) is 64.0 Å². The molecule has 3 rings (SSSR count). The number of anilines is 1. The van der Waals surface area contributed by atoms with Crippen LogP contribution in [0.25, 0.3) is 0 Å². The van der Waals surface area contributed by atoms with Crippen molar-refractivity contribution in [2.24, 2.45) is 4.99 Å². The summed E-state index contributed by atoms with van der Waals surface area (Å²) in [6.07, 6.45) is 6.68. The second-order valence-electron chi connectivity index (χ2n) is 7.06. The molecule has 29 heavy (non-hydrogen) atoms. The van der Waals surface area contributed by atoms with Crippen LogP contribution in [0.5, 0.6) is 0 Å². The van der Waals surface area contributed by atoms with E-state index in [1.807, 2.05) is 35.4 Å². The molecule has 0 unspecified atom stereocenters. The Labute approximate surface area is 190 Å². The van der Waals surface area contributed by atoms with Crippen LogP contribution in [-0.2, 0) is 13.1 Å². The zero-order valence-corrected chi connectivity index (χ0v) is 19.7. The van der Waals surface area contributed by atoms with E-state index < -0.39 is 0 Å². The second kappa shape index (κ2) is 12.6. The van der Waals surface area contributed by atoms with Crippen LogP contribution in [0.15, 0.2) is 41.8 Å². The minimum absolute atomic E-state index is 0. The Bertz CT molecular complexity index is 726. The number of aliphatic imine (C=N–C) groups is 1. The minimum atomic E-state index is 0. The summed E-state index contributed by atoms with van der Waals surface area (Å²) in [5.74, 6) is 1.90. The standard InChI is InChI=1S/C20H32N8.HI/c1-3-21-20(23-7-4-10-28-11-5-8-25-28)24-17-18-6-9-22-19(16-18)27-14-12-26(2)13-15-27;/h5-6,8-9,11,16H,3-4,7,10,12-15,17H2,1-2H3,(H2,21,23,24);1H. The van der Waals surface area contributed by atoms with Gasteiger partial charge in [0, 0.05) is 64.4 Å². The summed E-state index contributed by atoms with van der Waals surface area (Å²) >= 11 is 0. The summed E-state index contributed by atoms with van der Waals surface area (Å²) in [4.78, 5) is 14.0. The van der Waals surface area contributed by atoms with Crippen molar-refractivity contribution in [1.29, 1.82) is 0 Å². The average molecular weight is 512 g/mol. The Morgan fingerprint density at radius 3 is 2.72 bits per heavy atom. The van der Waals surface area contributed by atoms with Gasteiger partial charge in [-0.15, -0.1) is 24.0 Å². The van der Waals surface area contributed by atoms with Gasteiger partial charge in [0.1, 0.15) is 5.82 Å². The molecule has 2 N–H and O–H groups in total. The van der Waals surface area contributed by atoms with Crippen molar-refractivity contribution in [3.63, 3.8) is 0 Å². The molecule has 0 aliphatic carbocycles. The zero-order chi connectivity index (χ0) is 19.6. The lowest BCUT2D eigenvalue weighted by Crippen LogP contribution is -2.44. The number of aromatic nitrogens is 3. The first kappa shape index (κ1) is 23.4. The Morgan fingerprint density at radius 1 is 1.17 bits per heavy atom. The predicted molar refractivity (Wildman–Crippen MR) is 129 cm³/mol. The van der Waals surface area contributed by atoms with E-state index >= 15 is 0 Å². The van der Waals surface area contributed by atoms with E-state index in [-0.39, 0.29) is 24.0 Å². The maximum absolute atomic E-state index is 4.73. The normalized spacial score (nSPS) is 15.1. The summed E-state index contributed by atoms with van der Waals surface area (Å²) in [6.45, 7) is 9.53. The number of guanidine groups is 1. The monoisotopic (exact) mass is 512 g/mol. The number of nitrogens with zero attached hydrogens (tertiary/aromatic N) is 6. The highest BCUT2D eigenvalue weighted by atomic mass is 127. The molecule has 160 valence electrons. The van der Waals surface area contributed by atoms with Gasteiger partial charge in [0.15, 0.2) is 5.96 Å². The first-order valence-electron chi connectivity index (χ1n) is 10.1. The molecular weight excluding hydrogens is 479 g/mol. The van der Waals surface area contributed by atoms with Gasteiger partial charge in [-0.2, -0.15) is 5.10 Å². The molecular formula is C20H33IN8. The van der Waals surface area contributed by atoms with Gasteiger partial charge < -0.3 is 20.4 Å². The second-order valence-corrected chi connectivity index (χ2v) is 7.06. The highest BCUT2D eigenvalue weighted by Crippen LogP contribution is 2.15. The van der Waals surface area contributed by atoms with Gasteiger partial charge in [0.25, 0.3) is 0 Å². The molecule has 0 radical (unpaired) electrons. The summed E-state index contributed by atoms with van der Waals surface area (Å²) in [6, 6.07) is 6.16. The third-order valence-electron chi connectivity index (χ3n) is 4.82. The number of aryl methyl sites for hydroxylation is 1. The van der Waals surface area contributed by atoms with Gasteiger partial charge in [-0.3, -0.25) is 4.68 Å². The van der Waals surface area contributed by atoms with Crippen molar-refractivity contribution in [1.82, 2.24) is 30.3 Å². The van der Waals surface area contributed by atoms with E-state index in [1.165, 1.54) is 5.56 Å². The Hall–Kier alpha value is -1.88. The molecule has 0 bridgehead atoms. The van der Waals surface area contributed by atoms with E-state index in [2.05, 4.69) is 50.6 Å². The number of likely N-dealkylation sites (N-methyl/N-ethyl adjacent to an activating group) is 1. The fraction of sp³-hybridized carbons (Fsp3) is 0.550. The van der Waals surface area contributed by atoms with E-state index in [4.69, 9.17) is 4.99 Å². The molecule has 9 heteroatoms. The van der Waals surface area contributed by atoms with Gasteiger partial charge in [0.2, 0.25) is 0 Å². The van der Waals surface area contributed by atoms with Crippen LogP contribution in [-0.4, -0.2) is 71.9 Å². The van der Waals surface area contributed by atoms with Crippen molar-refractivity contribution in [2.45, 2.75) is 26.4 Å². The smallest absolute Gasteiger partial charge is 0.191 e. The molecule has 2 aromatic rings. The first-order valence-corrected chi connectivity index (χ1v) is 10.1. The van der Waals surface area contributed by atoms with Gasteiger partial charge in [-0.25, -0.2) is 9.98 Å². The summed E-state index contributed by atoms with van der Waals surface area (Å²) in [5, 5.41) is 10.9. The number of nitrogens with one attached hydrogen (secondary N) is 2. The molecule has 0 amide bonds. The fourth-order valence-electron chi connectivity index (χ4n) is 3.16. The van der Waals surface area contributed by atoms with Crippen LogP contribution in [0.2, 0.25) is 0 Å². The molecule has 0 spiro atoms. The molecule has 0 saturated carbocycles. The summed E-state index contributed by atoms with van der Waals surface area (Å²) < 4.78 is 1.95. The van der Waals surface area contributed by atoms with Gasteiger partial charge in [-0.1, -0.05) is 0 Å². The van der Waals surface area contributed by atoms with E-state index in [9.17, 15) is 0 Å². The summed E-state index contributed by atoms with van der Waals surface area (Å²) in [5.41, 5.74) is 1.18. The SMILES string of the molecule is CCNC(=NCc1ccnc(N2CCN(C)CC2)c1)NCCCn1cccn1.I. The summed E-state index contributed by atoms with van der Waals surface area (Å²) in [7, 11) is 2.17. The van der Waals surface area contributed by atoms with Gasteiger partial charge in [-0.05, 0) is 44.2 Å². The molecule has 1 saturated heterocycles. The molecule has 2 aromatic heterocycles. The fourth-order valence-corrected chi connectivity index (χ4v) is 3.16. The number of hydrogen-bond donors (Lipinski definition) is 2. The maximum atomic E-state index is 4.73. The topological polar surface area (TPSA) is 73.6 Å². The number of hydrogen-bond acceptors (Lipinski definition) is 5. The van der Waals surface area contributed by atoms with Crippen LogP contribution in [0.3, 0.4) is 0 Å². The number of halogens is 1. The van der Waals surface area contributed by atoms with Crippen molar-refractivity contribution < 1.29 is 0 Å². The number of pyridine rings is 1. The minimum Gasteiger partial charge on any atom is -0.357 e. The van der Waals surface area contributed by atoms with Crippen molar-refractivity contribution in [3.05, 3.63) is 42.4 Å². The maximum Gasteiger partial charge on any atom is 0.191 e. The molecule has 3 heterocycles. The molecule has 1 aliphatic rings. The van der Waals surface area contributed by atoms with Crippen LogP contribution >= 0.6 is 24.0 Å². The molecule has 1 aliphatic heterocycles. The molecule has 0 atom stereocenters. The van der Waals surface area contributed by atoms with Crippen molar-refractivity contribution in [2.75, 3.05) is 51.2 Å². The molecule has 0 aromatic carbocycles. The third kappa shape index (κ3) is 7.81. The van der Waals surface area contributed by atoms with E-state index in [1.54, 1.807) is 0 Å². The third-order valence-corrected chi connectivity index (χ3v) is 4.82. The number of piperazine rings is 1. The zero-order valence-electron chi connectivity index (χ0n) is 17.4. The van der Waals surface area contributed by atoms with Crippen molar-refractivity contribution in [3.8, 4) is 0 Å². The lowest BCUT2D eigenvalue weighted by atomic mass is 10.2. The van der Waals surface area contributed by atoms with Crippen LogP contribution < -0.4 is 15.5 Å². The van der Waals surface area contributed by atoms with Crippen molar-refractivity contribution >= 4 is 35.8 Å². The lowest BCUT2D eigenvalue weighted by Gasteiger charge is -2.33. The van der Waals surface area contributed by atoms with Crippen LogP contribution in [0.4, 0.5) is 5.82 Å². The average Bonchev–Trinajstić information content (AvgIpc) is 3.23. The lowest BCUT2D eigenvalue weighted by molar-refractivity contribution is 0.312. The predicted octanol–water partition coefficient (Wildman–Crippen LogP) is 1.79. The van der Waals surface area contributed by atoms with E-state index in [0.29, 0.717) is 6.54 Å². The Morgan fingerprint density at radius 2 is 2.00 bits per heavy atom. The molecule has 8 nitrogen and oxygen atoms in total. The van der Waals surface area contributed by atoms with Crippen LogP contribution in [0, 0.1) is 0 Å². The van der Waals surface area contributed by atoms with Crippen LogP contribution in [0.1, 0.15) is 18.9 Å². The van der Waals surface area contributed by atoms with Gasteiger partial charge in [0.05, 0.1) is 6.54 Å².